The Morgan fingerprint density at radius 3 is 2.80 bits per heavy atom. The maximum atomic E-state index is 12.8. The van der Waals surface area contributed by atoms with Gasteiger partial charge in [-0.1, -0.05) is 22.0 Å². The molecule has 0 amide bonds. The van der Waals surface area contributed by atoms with E-state index in [0.717, 1.165) is 10.0 Å². The standard InChI is InChI=1S/C14H17BrF3NO/c1-20-13-6-2-5-12(15)11(13)9-19-7-3-4-10(8-19)14(16,17)18/h2,5-6,10H,3-4,7-9H2,1H3. The van der Waals surface area contributed by atoms with Gasteiger partial charge in [0.2, 0.25) is 0 Å². The monoisotopic (exact) mass is 351 g/mol. The Balaban J connectivity index is 2.10. The molecule has 20 heavy (non-hydrogen) atoms. The highest BCUT2D eigenvalue weighted by atomic mass is 79.9. The third kappa shape index (κ3) is 3.67. The van der Waals surface area contributed by atoms with E-state index < -0.39 is 12.1 Å². The quantitative estimate of drug-likeness (QED) is 0.807. The predicted molar refractivity (Wildman–Crippen MR) is 74.8 cm³/mol. The molecule has 1 atom stereocenters. The van der Waals surface area contributed by atoms with E-state index in [0.29, 0.717) is 25.3 Å². The van der Waals surface area contributed by atoms with Gasteiger partial charge in [0.1, 0.15) is 5.75 Å². The largest absolute Gasteiger partial charge is 0.496 e. The van der Waals surface area contributed by atoms with E-state index in [-0.39, 0.29) is 13.0 Å². The van der Waals surface area contributed by atoms with Gasteiger partial charge in [-0.3, -0.25) is 4.90 Å². The topological polar surface area (TPSA) is 12.5 Å². The van der Waals surface area contributed by atoms with E-state index >= 15 is 0 Å². The van der Waals surface area contributed by atoms with Crippen molar-refractivity contribution >= 4 is 15.9 Å². The Labute approximate surface area is 125 Å². The van der Waals surface area contributed by atoms with E-state index in [2.05, 4.69) is 15.9 Å². The zero-order chi connectivity index (χ0) is 14.8. The Hall–Kier alpha value is -0.750. The molecule has 0 radical (unpaired) electrons. The van der Waals surface area contributed by atoms with Crippen LogP contribution in [-0.2, 0) is 6.54 Å². The lowest BCUT2D eigenvalue weighted by Gasteiger charge is -2.34. The highest BCUT2D eigenvalue weighted by molar-refractivity contribution is 9.10. The zero-order valence-corrected chi connectivity index (χ0v) is 12.8. The van der Waals surface area contributed by atoms with Crippen LogP contribution in [0.4, 0.5) is 13.2 Å². The van der Waals surface area contributed by atoms with Crippen LogP contribution < -0.4 is 4.74 Å². The van der Waals surface area contributed by atoms with Crippen LogP contribution in [0.1, 0.15) is 18.4 Å². The molecule has 112 valence electrons. The van der Waals surface area contributed by atoms with Gasteiger partial charge in [-0.05, 0) is 31.5 Å². The summed E-state index contributed by atoms with van der Waals surface area (Å²) in [6.07, 6.45) is -3.29. The van der Waals surface area contributed by atoms with Crippen molar-refractivity contribution in [2.45, 2.75) is 25.6 Å². The number of alkyl halides is 3. The molecule has 2 rings (SSSR count). The molecule has 0 aromatic heterocycles. The molecule has 0 bridgehead atoms. The average molecular weight is 352 g/mol. The van der Waals surface area contributed by atoms with Crippen LogP contribution in [0.2, 0.25) is 0 Å². The summed E-state index contributed by atoms with van der Waals surface area (Å²) in [7, 11) is 1.57. The van der Waals surface area contributed by atoms with E-state index in [4.69, 9.17) is 4.74 Å². The molecule has 1 fully saturated rings. The first kappa shape index (κ1) is 15.6. The molecule has 6 heteroatoms. The highest BCUT2D eigenvalue weighted by Crippen LogP contribution is 2.35. The van der Waals surface area contributed by atoms with Crippen LogP contribution in [0.25, 0.3) is 0 Å². The van der Waals surface area contributed by atoms with Crippen molar-refractivity contribution in [1.29, 1.82) is 0 Å². The number of likely N-dealkylation sites (tertiary alicyclic amines) is 1. The van der Waals surface area contributed by atoms with E-state index in [9.17, 15) is 13.2 Å². The molecule has 0 aliphatic carbocycles. The third-order valence-corrected chi connectivity index (χ3v) is 4.39. The second-order valence-corrected chi connectivity index (χ2v) is 5.89. The number of piperidine rings is 1. The molecule has 1 aliphatic heterocycles. The predicted octanol–water partition coefficient (Wildman–Crippen LogP) is 4.23. The average Bonchev–Trinajstić information content (AvgIpc) is 2.40. The summed E-state index contributed by atoms with van der Waals surface area (Å²) in [5.41, 5.74) is 0.901. The van der Waals surface area contributed by atoms with Crippen LogP contribution in [0, 0.1) is 5.92 Å². The minimum atomic E-state index is -4.10. The minimum Gasteiger partial charge on any atom is -0.496 e. The molecular formula is C14H17BrF3NO. The third-order valence-electron chi connectivity index (χ3n) is 3.65. The number of halogens is 4. The van der Waals surface area contributed by atoms with Crippen LogP contribution in [0.3, 0.4) is 0 Å². The fourth-order valence-corrected chi connectivity index (χ4v) is 3.05. The SMILES string of the molecule is COc1cccc(Br)c1CN1CCCC(C(F)(F)F)C1. The molecule has 1 unspecified atom stereocenters. The molecule has 1 saturated heterocycles. The summed E-state index contributed by atoms with van der Waals surface area (Å²) >= 11 is 3.44. The molecule has 1 aromatic carbocycles. The minimum absolute atomic E-state index is 0.0635. The van der Waals surface area contributed by atoms with Crippen molar-refractivity contribution < 1.29 is 17.9 Å². The molecule has 1 heterocycles. The van der Waals surface area contributed by atoms with Gasteiger partial charge in [0.15, 0.2) is 0 Å². The lowest BCUT2D eigenvalue weighted by molar-refractivity contribution is -0.187. The number of nitrogens with zero attached hydrogens (tertiary/aromatic N) is 1. The van der Waals surface area contributed by atoms with Gasteiger partial charge < -0.3 is 4.74 Å². The van der Waals surface area contributed by atoms with Crippen molar-refractivity contribution in [1.82, 2.24) is 4.90 Å². The van der Waals surface area contributed by atoms with Gasteiger partial charge in [-0.25, -0.2) is 0 Å². The molecule has 2 nitrogen and oxygen atoms in total. The fourth-order valence-electron chi connectivity index (χ4n) is 2.57. The summed E-state index contributed by atoms with van der Waals surface area (Å²) in [6.45, 7) is 1.22. The normalized spacial score (nSPS) is 20.9. The molecule has 0 spiro atoms. The number of rotatable bonds is 3. The van der Waals surface area contributed by atoms with Gasteiger partial charge in [0.05, 0.1) is 13.0 Å². The van der Waals surface area contributed by atoms with Crippen LogP contribution in [0.5, 0.6) is 5.75 Å². The first-order chi connectivity index (χ1) is 9.41. The lowest BCUT2D eigenvalue weighted by atomic mass is 9.97. The first-order valence-electron chi connectivity index (χ1n) is 6.52. The Morgan fingerprint density at radius 2 is 2.15 bits per heavy atom. The second kappa shape index (κ2) is 6.35. The molecule has 0 N–H and O–H groups in total. The van der Waals surface area contributed by atoms with E-state index in [1.807, 2.05) is 23.1 Å². The Morgan fingerprint density at radius 1 is 1.40 bits per heavy atom. The van der Waals surface area contributed by atoms with E-state index in [1.54, 1.807) is 7.11 Å². The summed E-state index contributed by atoms with van der Waals surface area (Å²) in [4.78, 5) is 1.85. The Bertz CT molecular complexity index is 464. The van der Waals surface area contributed by atoms with Crippen LogP contribution in [-0.4, -0.2) is 31.3 Å². The first-order valence-corrected chi connectivity index (χ1v) is 7.31. The zero-order valence-electron chi connectivity index (χ0n) is 11.2. The molecular weight excluding hydrogens is 335 g/mol. The van der Waals surface area contributed by atoms with Crippen molar-refractivity contribution in [2.75, 3.05) is 20.2 Å². The highest BCUT2D eigenvalue weighted by Gasteiger charge is 2.41. The van der Waals surface area contributed by atoms with Crippen molar-refractivity contribution in [3.63, 3.8) is 0 Å². The number of hydrogen-bond acceptors (Lipinski definition) is 2. The lowest BCUT2D eigenvalue weighted by Crippen LogP contribution is -2.41. The Kier molecular flexibility index (Phi) is 4.96. The number of ether oxygens (including phenoxy) is 1. The summed E-state index contributed by atoms with van der Waals surface area (Å²) < 4.78 is 44.6. The van der Waals surface area contributed by atoms with Gasteiger partial charge in [-0.15, -0.1) is 0 Å². The molecule has 0 saturated carbocycles. The summed E-state index contributed by atoms with van der Waals surface area (Å²) in [6, 6.07) is 5.55. The number of benzene rings is 1. The molecule has 1 aliphatic rings. The van der Waals surface area contributed by atoms with Crippen LogP contribution >= 0.6 is 15.9 Å². The molecule has 1 aromatic rings. The number of hydrogen-bond donors (Lipinski definition) is 0. The van der Waals surface area contributed by atoms with E-state index in [1.165, 1.54) is 0 Å². The smallest absolute Gasteiger partial charge is 0.393 e. The number of methoxy groups -OCH3 is 1. The van der Waals surface area contributed by atoms with Crippen LogP contribution in [0.15, 0.2) is 22.7 Å². The maximum Gasteiger partial charge on any atom is 0.393 e. The van der Waals surface area contributed by atoms with Crippen molar-refractivity contribution in [2.24, 2.45) is 5.92 Å². The van der Waals surface area contributed by atoms with Crippen molar-refractivity contribution in [3.8, 4) is 5.75 Å². The summed E-state index contributed by atoms with van der Waals surface area (Å²) in [5.74, 6) is -0.516. The van der Waals surface area contributed by atoms with Gasteiger partial charge in [0, 0.05) is 23.1 Å². The maximum absolute atomic E-state index is 12.8. The fraction of sp³-hybridized carbons (Fsp3) is 0.571. The second-order valence-electron chi connectivity index (χ2n) is 5.04. The summed E-state index contributed by atoms with van der Waals surface area (Å²) in [5, 5.41) is 0. The van der Waals surface area contributed by atoms with Gasteiger partial charge in [-0.2, -0.15) is 13.2 Å². The van der Waals surface area contributed by atoms with Crippen molar-refractivity contribution in [3.05, 3.63) is 28.2 Å². The van der Waals surface area contributed by atoms with Gasteiger partial charge in [0.25, 0.3) is 0 Å². The van der Waals surface area contributed by atoms with Gasteiger partial charge >= 0.3 is 6.18 Å².